The lowest BCUT2D eigenvalue weighted by atomic mass is 9.80. The van der Waals surface area contributed by atoms with Gasteiger partial charge in [0.05, 0.1) is 5.41 Å². The van der Waals surface area contributed by atoms with E-state index >= 15 is 0 Å². The van der Waals surface area contributed by atoms with E-state index in [1.54, 1.807) is 25.2 Å². The highest BCUT2D eigenvalue weighted by Crippen LogP contribution is 2.30. The van der Waals surface area contributed by atoms with E-state index in [0.717, 1.165) is 5.56 Å². The Kier molecular flexibility index (Phi) is 6.52. The molecule has 7 heteroatoms. The Labute approximate surface area is 146 Å². The van der Waals surface area contributed by atoms with Crippen LogP contribution in [-0.4, -0.2) is 49.7 Å². The van der Waals surface area contributed by atoms with Gasteiger partial charge in [0.15, 0.2) is 0 Å². The number of aryl methyl sites for hydroxylation is 1. The third-order valence-corrected chi connectivity index (χ3v) is 4.58. The van der Waals surface area contributed by atoms with Crippen LogP contribution in [-0.2, 0) is 20.7 Å². The Balaban J connectivity index is 1.86. The molecule has 0 unspecified atom stereocenters. The van der Waals surface area contributed by atoms with Crippen LogP contribution in [0.4, 0.5) is 0 Å². The number of ether oxygens (including phenoxy) is 1. The maximum absolute atomic E-state index is 12.1. The SMILES string of the molecule is CNC(=O)c1cccc(CCC(=O)NCC2(C(=O)O)CCOCC2)c1. The molecule has 2 amide bonds. The van der Waals surface area contributed by atoms with E-state index < -0.39 is 11.4 Å². The fraction of sp³-hybridized carbons (Fsp3) is 0.500. The predicted octanol–water partition coefficient (Wildman–Crippen LogP) is 0.976. The molecule has 0 aromatic heterocycles. The largest absolute Gasteiger partial charge is 0.481 e. The molecule has 1 aromatic carbocycles. The van der Waals surface area contributed by atoms with Gasteiger partial charge < -0.3 is 20.5 Å². The number of carboxylic acid groups (broad SMARTS) is 1. The van der Waals surface area contributed by atoms with E-state index in [1.165, 1.54) is 0 Å². The first-order chi connectivity index (χ1) is 12.0. The molecule has 2 rings (SSSR count). The molecule has 0 spiro atoms. The number of nitrogens with one attached hydrogen (secondary N) is 2. The van der Waals surface area contributed by atoms with Crippen LogP contribution < -0.4 is 10.6 Å². The number of benzene rings is 1. The maximum atomic E-state index is 12.1. The Hall–Kier alpha value is -2.41. The van der Waals surface area contributed by atoms with Gasteiger partial charge in [-0.25, -0.2) is 0 Å². The molecule has 1 aromatic rings. The first kappa shape index (κ1) is 18.9. The Morgan fingerprint density at radius 2 is 1.96 bits per heavy atom. The summed E-state index contributed by atoms with van der Waals surface area (Å²) in [6.07, 6.45) is 1.52. The van der Waals surface area contributed by atoms with Crippen LogP contribution in [0.15, 0.2) is 24.3 Å². The highest BCUT2D eigenvalue weighted by Gasteiger charge is 2.40. The maximum Gasteiger partial charge on any atom is 0.311 e. The summed E-state index contributed by atoms with van der Waals surface area (Å²) in [5.74, 6) is -1.26. The second-order valence-electron chi connectivity index (χ2n) is 6.25. The second kappa shape index (κ2) is 8.62. The van der Waals surface area contributed by atoms with Crippen molar-refractivity contribution in [2.45, 2.75) is 25.7 Å². The third kappa shape index (κ3) is 5.03. The monoisotopic (exact) mass is 348 g/mol. The topological polar surface area (TPSA) is 105 Å². The molecule has 1 heterocycles. The Morgan fingerprint density at radius 1 is 1.24 bits per heavy atom. The van der Waals surface area contributed by atoms with Gasteiger partial charge in [0.2, 0.25) is 5.91 Å². The lowest BCUT2D eigenvalue weighted by Crippen LogP contribution is -2.46. The number of amides is 2. The minimum absolute atomic E-state index is 0.114. The van der Waals surface area contributed by atoms with Gasteiger partial charge in [-0.15, -0.1) is 0 Å². The fourth-order valence-corrected chi connectivity index (χ4v) is 2.85. The lowest BCUT2D eigenvalue weighted by molar-refractivity contribution is -0.154. The van der Waals surface area contributed by atoms with Gasteiger partial charge >= 0.3 is 5.97 Å². The van der Waals surface area contributed by atoms with Crippen LogP contribution in [0.3, 0.4) is 0 Å². The van der Waals surface area contributed by atoms with Gasteiger partial charge in [-0.3, -0.25) is 14.4 Å². The van der Waals surface area contributed by atoms with Crippen molar-refractivity contribution in [2.24, 2.45) is 5.41 Å². The first-order valence-corrected chi connectivity index (χ1v) is 8.36. The average molecular weight is 348 g/mol. The van der Waals surface area contributed by atoms with Gasteiger partial charge in [-0.2, -0.15) is 0 Å². The van der Waals surface area contributed by atoms with Crippen LogP contribution >= 0.6 is 0 Å². The van der Waals surface area contributed by atoms with Gasteiger partial charge in [0.25, 0.3) is 5.91 Å². The van der Waals surface area contributed by atoms with Crippen molar-refractivity contribution in [1.82, 2.24) is 10.6 Å². The van der Waals surface area contributed by atoms with Crippen molar-refractivity contribution in [3.8, 4) is 0 Å². The molecule has 3 N–H and O–H groups in total. The number of carbonyl (C=O) groups is 3. The molecule has 0 bridgehead atoms. The summed E-state index contributed by atoms with van der Waals surface area (Å²) in [6.45, 7) is 0.908. The lowest BCUT2D eigenvalue weighted by Gasteiger charge is -2.33. The van der Waals surface area contributed by atoms with Crippen LogP contribution in [0.25, 0.3) is 0 Å². The number of rotatable bonds is 7. The summed E-state index contributed by atoms with van der Waals surface area (Å²) in [5.41, 5.74) is 0.496. The Bertz CT molecular complexity index is 638. The van der Waals surface area contributed by atoms with E-state index in [1.807, 2.05) is 6.07 Å². The molecule has 7 nitrogen and oxygen atoms in total. The van der Waals surface area contributed by atoms with Crippen molar-refractivity contribution in [3.63, 3.8) is 0 Å². The van der Waals surface area contributed by atoms with Gasteiger partial charge in [-0.1, -0.05) is 12.1 Å². The average Bonchev–Trinajstić information content (AvgIpc) is 2.65. The minimum atomic E-state index is -0.937. The molecule has 0 aliphatic carbocycles. The van der Waals surface area contributed by atoms with E-state index in [2.05, 4.69) is 10.6 Å². The summed E-state index contributed by atoms with van der Waals surface area (Å²) >= 11 is 0. The quantitative estimate of drug-likeness (QED) is 0.681. The van der Waals surface area contributed by atoms with Crippen molar-refractivity contribution < 1.29 is 24.2 Å². The van der Waals surface area contributed by atoms with Crippen molar-refractivity contribution in [1.29, 1.82) is 0 Å². The molecule has 1 aliphatic heterocycles. The normalized spacial score (nSPS) is 16.0. The summed E-state index contributed by atoms with van der Waals surface area (Å²) in [5, 5.41) is 14.8. The van der Waals surface area contributed by atoms with Crippen molar-refractivity contribution in [2.75, 3.05) is 26.8 Å². The van der Waals surface area contributed by atoms with E-state index in [0.29, 0.717) is 38.0 Å². The predicted molar refractivity (Wildman–Crippen MR) is 91.3 cm³/mol. The molecule has 0 atom stereocenters. The molecular formula is C18H24N2O5. The Morgan fingerprint density at radius 3 is 2.60 bits per heavy atom. The smallest absolute Gasteiger partial charge is 0.311 e. The molecule has 1 saturated heterocycles. The number of carboxylic acids is 1. The van der Waals surface area contributed by atoms with E-state index in [-0.39, 0.29) is 24.8 Å². The summed E-state index contributed by atoms with van der Waals surface area (Å²) in [4.78, 5) is 35.3. The first-order valence-electron chi connectivity index (χ1n) is 8.36. The number of hydrogen-bond donors (Lipinski definition) is 3. The summed E-state index contributed by atoms with van der Waals surface area (Å²) in [6, 6.07) is 7.10. The third-order valence-electron chi connectivity index (χ3n) is 4.58. The minimum Gasteiger partial charge on any atom is -0.481 e. The van der Waals surface area contributed by atoms with Crippen LogP contribution in [0, 0.1) is 5.41 Å². The van der Waals surface area contributed by atoms with Crippen LogP contribution in [0.5, 0.6) is 0 Å². The van der Waals surface area contributed by atoms with Crippen LogP contribution in [0.1, 0.15) is 35.2 Å². The fourth-order valence-electron chi connectivity index (χ4n) is 2.85. The second-order valence-corrected chi connectivity index (χ2v) is 6.25. The van der Waals surface area contributed by atoms with Crippen LogP contribution in [0.2, 0.25) is 0 Å². The van der Waals surface area contributed by atoms with Gasteiger partial charge in [0.1, 0.15) is 0 Å². The van der Waals surface area contributed by atoms with Crippen molar-refractivity contribution >= 4 is 17.8 Å². The zero-order valence-corrected chi connectivity index (χ0v) is 14.3. The summed E-state index contributed by atoms with van der Waals surface area (Å²) < 4.78 is 5.22. The molecule has 0 radical (unpaired) electrons. The van der Waals surface area contributed by atoms with E-state index in [9.17, 15) is 19.5 Å². The molecule has 25 heavy (non-hydrogen) atoms. The zero-order chi connectivity index (χ0) is 18.3. The number of aliphatic carboxylic acids is 1. The summed E-state index contributed by atoms with van der Waals surface area (Å²) in [7, 11) is 1.57. The standard InChI is InChI=1S/C18H24N2O5/c1-19-16(22)14-4-2-3-13(11-14)5-6-15(21)20-12-18(17(23)24)7-9-25-10-8-18/h2-4,11H,5-10,12H2,1H3,(H,19,22)(H,20,21)(H,23,24). The number of hydrogen-bond acceptors (Lipinski definition) is 4. The molecule has 0 saturated carbocycles. The molecular weight excluding hydrogens is 324 g/mol. The van der Waals surface area contributed by atoms with Gasteiger partial charge in [-0.05, 0) is 37.0 Å². The number of carbonyl (C=O) groups excluding carboxylic acids is 2. The van der Waals surface area contributed by atoms with Gasteiger partial charge in [0, 0.05) is 38.8 Å². The molecule has 1 fully saturated rings. The highest BCUT2D eigenvalue weighted by molar-refractivity contribution is 5.94. The van der Waals surface area contributed by atoms with E-state index in [4.69, 9.17) is 4.74 Å². The van der Waals surface area contributed by atoms with Crippen molar-refractivity contribution in [3.05, 3.63) is 35.4 Å². The molecule has 136 valence electrons. The molecule has 1 aliphatic rings. The highest BCUT2D eigenvalue weighted by atomic mass is 16.5. The zero-order valence-electron chi connectivity index (χ0n) is 14.3.